The average Bonchev–Trinajstić information content (AvgIpc) is 2.81. The van der Waals surface area contributed by atoms with Crippen LogP contribution in [0.5, 0.6) is 0 Å². The molecule has 6 nitrogen and oxygen atoms in total. The van der Waals surface area contributed by atoms with E-state index < -0.39 is 16.2 Å². The van der Waals surface area contributed by atoms with Gasteiger partial charge in [-0.3, -0.25) is 0 Å². The first-order valence-electron chi connectivity index (χ1n) is 6.40. The van der Waals surface area contributed by atoms with Gasteiger partial charge in [0, 0.05) is 27.2 Å². The van der Waals surface area contributed by atoms with Gasteiger partial charge in [-0.1, -0.05) is 18.2 Å². The molecule has 2 amide bonds. The summed E-state index contributed by atoms with van der Waals surface area (Å²) >= 11 is 0. The average molecular weight is 297 g/mol. The van der Waals surface area contributed by atoms with E-state index in [2.05, 4.69) is 0 Å². The van der Waals surface area contributed by atoms with Gasteiger partial charge in [0.2, 0.25) is 10.0 Å². The van der Waals surface area contributed by atoms with Crippen molar-refractivity contribution in [2.75, 3.05) is 27.2 Å². The smallest absolute Gasteiger partial charge is 0.320 e. The number of carbonyl (C=O) groups is 1. The second kappa shape index (κ2) is 5.41. The van der Waals surface area contributed by atoms with Crippen LogP contribution in [0.25, 0.3) is 0 Å². The van der Waals surface area contributed by atoms with E-state index in [1.54, 1.807) is 56.3 Å². The monoisotopic (exact) mass is 297 g/mol. The number of nitrogens with zero attached hydrogens (tertiary/aromatic N) is 3. The van der Waals surface area contributed by atoms with Gasteiger partial charge in [-0.15, -0.1) is 0 Å². The molecule has 2 rings (SSSR count). The molecule has 0 spiro atoms. The zero-order valence-electron chi connectivity index (χ0n) is 11.9. The Balaban J connectivity index is 2.26. The van der Waals surface area contributed by atoms with Gasteiger partial charge < -0.3 is 9.80 Å². The van der Waals surface area contributed by atoms with E-state index in [4.69, 9.17) is 0 Å². The maximum atomic E-state index is 12.6. The van der Waals surface area contributed by atoms with Crippen LogP contribution in [0.1, 0.15) is 6.92 Å². The molecule has 1 aliphatic heterocycles. The molecule has 0 unspecified atom stereocenters. The molecule has 0 N–H and O–H groups in total. The van der Waals surface area contributed by atoms with Crippen LogP contribution in [0.3, 0.4) is 0 Å². The highest BCUT2D eigenvalue weighted by Gasteiger charge is 2.39. The number of urea groups is 1. The zero-order valence-corrected chi connectivity index (χ0v) is 12.7. The topological polar surface area (TPSA) is 60.9 Å². The van der Waals surface area contributed by atoms with Gasteiger partial charge in [0.15, 0.2) is 0 Å². The highest BCUT2D eigenvalue weighted by molar-refractivity contribution is 7.89. The number of sulfonamides is 1. The molecular weight excluding hydrogens is 278 g/mol. The maximum absolute atomic E-state index is 12.6. The standard InChI is InChI=1S/C13H19N3O3S/c1-11-15(13(17)14(2)3)9-10-16(11)20(18,19)12-7-5-4-6-8-12/h4-8,11H,9-10H2,1-3H3/t11-/m0/s1. The van der Waals surface area contributed by atoms with Gasteiger partial charge in [-0.2, -0.15) is 4.31 Å². The van der Waals surface area contributed by atoms with E-state index in [-0.39, 0.29) is 10.9 Å². The molecule has 110 valence electrons. The fourth-order valence-corrected chi connectivity index (χ4v) is 3.91. The van der Waals surface area contributed by atoms with E-state index >= 15 is 0 Å². The van der Waals surface area contributed by atoms with Crippen LogP contribution >= 0.6 is 0 Å². The molecule has 1 atom stereocenters. The lowest BCUT2D eigenvalue weighted by Gasteiger charge is -2.28. The first-order valence-corrected chi connectivity index (χ1v) is 7.84. The van der Waals surface area contributed by atoms with Crippen LogP contribution in [0, 0.1) is 0 Å². The summed E-state index contributed by atoms with van der Waals surface area (Å²) in [5.41, 5.74) is 0. The zero-order chi connectivity index (χ0) is 14.9. The van der Waals surface area contributed by atoms with E-state index in [9.17, 15) is 13.2 Å². The third kappa shape index (κ3) is 2.51. The number of benzene rings is 1. The van der Waals surface area contributed by atoms with Gasteiger partial charge in [0.25, 0.3) is 0 Å². The van der Waals surface area contributed by atoms with Crippen molar-refractivity contribution < 1.29 is 13.2 Å². The summed E-state index contributed by atoms with van der Waals surface area (Å²) in [6.45, 7) is 2.46. The van der Waals surface area contributed by atoms with Crippen molar-refractivity contribution in [1.82, 2.24) is 14.1 Å². The molecular formula is C13H19N3O3S. The Morgan fingerprint density at radius 2 is 1.80 bits per heavy atom. The predicted molar refractivity (Wildman–Crippen MR) is 75.6 cm³/mol. The highest BCUT2D eigenvalue weighted by atomic mass is 32.2. The molecule has 1 aliphatic rings. The third-order valence-electron chi connectivity index (χ3n) is 3.41. The SMILES string of the molecule is C[C@H]1N(C(=O)N(C)C)CCN1S(=O)(=O)c1ccccc1. The summed E-state index contributed by atoms with van der Waals surface area (Å²) in [6.07, 6.45) is -0.477. The lowest BCUT2D eigenvalue weighted by atomic mass is 10.4. The second-order valence-corrected chi connectivity index (χ2v) is 6.82. The fourth-order valence-electron chi connectivity index (χ4n) is 2.30. The Morgan fingerprint density at radius 1 is 1.20 bits per heavy atom. The van der Waals surface area contributed by atoms with Gasteiger partial charge >= 0.3 is 6.03 Å². The first-order chi connectivity index (χ1) is 9.35. The molecule has 1 fully saturated rings. The number of carbonyl (C=O) groups excluding carboxylic acids is 1. The number of rotatable bonds is 2. The highest BCUT2D eigenvalue weighted by Crippen LogP contribution is 2.24. The lowest BCUT2D eigenvalue weighted by Crippen LogP contribution is -2.45. The second-order valence-electron chi connectivity index (χ2n) is 4.93. The quantitative estimate of drug-likeness (QED) is 0.819. The molecule has 7 heteroatoms. The summed E-state index contributed by atoms with van der Waals surface area (Å²) in [5, 5.41) is 0. The van der Waals surface area contributed by atoms with E-state index in [0.717, 1.165) is 0 Å². The van der Waals surface area contributed by atoms with Crippen molar-refractivity contribution in [2.45, 2.75) is 18.0 Å². The van der Waals surface area contributed by atoms with Crippen molar-refractivity contribution in [3.8, 4) is 0 Å². The maximum Gasteiger partial charge on any atom is 0.320 e. The van der Waals surface area contributed by atoms with E-state index in [1.165, 1.54) is 9.21 Å². The molecule has 1 saturated heterocycles. The third-order valence-corrected chi connectivity index (χ3v) is 5.38. The van der Waals surface area contributed by atoms with Crippen molar-refractivity contribution in [2.24, 2.45) is 0 Å². The van der Waals surface area contributed by atoms with Gasteiger partial charge in [-0.05, 0) is 19.1 Å². The summed E-state index contributed by atoms with van der Waals surface area (Å²) in [4.78, 5) is 15.3. The Hall–Kier alpha value is -1.60. The first kappa shape index (κ1) is 14.8. The summed E-state index contributed by atoms with van der Waals surface area (Å²) < 4.78 is 26.5. The Labute approximate surface area is 119 Å². The van der Waals surface area contributed by atoms with Gasteiger partial charge in [-0.25, -0.2) is 13.2 Å². The predicted octanol–water partition coefficient (Wildman–Crippen LogP) is 1.02. The van der Waals surface area contributed by atoms with Gasteiger partial charge in [0.1, 0.15) is 0 Å². The minimum atomic E-state index is -3.56. The molecule has 0 aromatic heterocycles. The van der Waals surface area contributed by atoms with Gasteiger partial charge in [0.05, 0.1) is 11.1 Å². The fraction of sp³-hybridized carbons (Fsp3) is 0.462. The normalized spacial score (nSPS) is 20.1. The lowest BCUT2D eigenvalue weighted by molar-refractivity contribution is 0.156. The largest absolute Gasteiger partial charge is 0.331 e. The minimum absolute atomic E-state index is 0.178. The number of hydrogen-bond acceptors (Lipinski definition) is 3. The van der Waals surface area contributed by atoms with Crippen LogP contribution in [0.15, 0.2) is 35.2 Å². The molecule has 0 aliphatic carbocycles. The molecule has 20 heavy (non-hydrogen) atoms. The van der Waals surface area contributed by atoms with E-state index in [0.29, 0.717) is 13.1 Å². The van der Waals surface area contributed by atoms with Crippen LogP contribution in [0.2, 0.25) is 0 Å². The van der Waals surface area contributed by atoms with Crippen LogP contribution in [0.4, 0.5) is 4.79 Å². The molecule has 1 heterocycles. The molecule has 0 radical (unpaired) electrons. The van der Waals surface area contributed by atoms with Crippen molar-refractivity contribution in [3.05, 3.63) is 30.3 Å². The van der Waals surface area contributed by atoms with Crippen molar-refractivity contribution in [3.63, 3.8) is 0 Å². The molecule has 0 bridgehead atoms. The summed E-state index contributed by atoms with van der Waals surface area (Å²) in [6, 6.07) is 8.11. The van der Waals surface area contributed by atoms with Crippen LogP contribution < -0.4 is 0 Å². The van der Waals surface area contributed by atoms with Crippen LogP contribution in [-0.4, -0.2) is 61.9 Å². The number of amides is 2. The molecule has 1 aromatic rings. The molecule has 0 saturated carbocycles. The Kier molecular flexibility index (Phi) is 4.01. The summed E-state index contributed by atoms with van der Waals surface area (Å²) in [5.74, 6) is 0. The number of hydrogen-bond donors (Lipinski definition) is 0. The van der Waals surface area contributed by atoms with Crippen molar-refractivity contribution >= 4 is 16.1 Å². The molecule has 1 aromatic carbocycles. The van der Waals surface area contributed by atoms with E-state index in [1.807, 2.05) is 0 Å². The summed E-state index contributed by atoms with van der Waals surface area (Å²) in [7, 11) is -0.247. The minimum Gasteiger partial charge on any atom is -0.331 e. The Morgan fingerprint density at radius 3 is 2.35 bits per heavy atom. The Bertz CT molecular complexity index is 586. The van der Waals surface area contributed by atoms with Crippen molar-refractivity contribution in [1.29, 1.82) is 0 Å². The van der Waals surface area contributed by atoms with Crippen LogP contribution in [-0.2, 0) is 10.0 Å².